The third-order valence-electron chi connectivity index (χ3n) is 2.94. The molecule has 116 valence electrons. The molecule has 0 spiro atoms. The van der Waals surface area contributed by atoms with Crippen LogP contribution in [-0.4, -0.2) is 29.7 Å². The molecule has 9 heteroatoms. The molecule has 2 aromatic rings. The molecular weight excluding hydrogens is 310 g/mol. The first kappa shape index (κ1) is 15.9. The van der Waals surface area contributed by atoms with Gasteiger partial charge in [-0.3, -0.25) is 9.40 Å². The second kappa shape index (κ2) is 6.54. The van der Waals surface area contributed by atoms with Gasteiger partial charge in [0.2, 0.25) is 0 Å². The van der Waals surface area contributed by atoms with Crippen LogP contribution in [0.15, 0.2) is 22.7 Å². The normalized spacial score (nSPS) is 13.3. The summed E-state index contributed by atoms with van der Waals surface area (Å²) < 4.78 is 28.2. The van der Waals surface area contributed by atoms with E-state index in [2.05, 4.69) is 27.0 Å². The first-order valence-corrected chi connectivity index (χ1v) is 9.00. The Balaban J connectivity index is 2.11. The van der Waals surface area contributed by atoms with Crippen molar-refractivity contribution in [1.29, 1.82) is 0 Å². The maximum absolute atomic E-state index is 12.2. The minimum absolute atomic E-state index is 0.0937. The van der Waals surface area contributed by atoms with Crippen molar-refractivity contribution in [1.82, 2.24) is 20.1 Å². The average molecular weight is 329 g/mol. The molecular formula is C12H19N5O2S2. The predicted molar refractivity (Wildman–Crippen MR) is 82.8 cm³/mol. The zero-order valence-electron chi connectivity index (χ0n) is 12.2. The van der Waals surface area contributed by atoms with Crippen LogP contribution in [0, 0.1) is 0 Å². The molecule has 0 fully saturated rings. The zero-order chi connectivity index (χ0) is 15.5. The molecule has 21 heavy (non-hydrogen) atoms. The quantitative estimate of drug-likeness (QED) is 0.807. The SMILES string of the molecule is CCCNC(C)c1csc(NS(=O)(=O)c2ccnn2C)n1. The lowest BCUT2D eigenvalue weighted by Gasteiger charge is -2.09. The number of nitrogens with zero attached hydrogens (tertiary/aromatic N) is 3. The number of nitrogens with one attached hydrogen (secondary N) is 2. The zero-order valence-corrected chi connectivity index (χ0v) is 13.8. The van der Waals surface area contributed by atoms with Crippen LogP contribution in [0.2, 0.25) is 0 Å². The molecule has 1 atom stereocenters. The molecule has 2 heterocycles. The molecule has 2 rings (SSSR count). The van der Waals surface area contributed by atoms with Crippen molar-refractivity contribution < 1.29 is 8.42 Å². The lowest BCUT2D eigenvalue weighted by Crippen LogP contribution is -2.20. The Morgan fingerprint density at radius 2 is 2.24 bits per heavy atom. The third kappa shape index (κ3) is 3.80. The minimum Gasteiger partial charge on any atom is -0.309 e. The first-order valence-electron chi connectivity index (χ1n) is 6.63. The Kier molecular flexibility index (Phi) is 4.96. The van der Waals surface area contributed by atoms with Crippen molar-refractivity contribution in [2.45, 2.75) is 31.3 Å². The highest BCUT2D eigenvalue weighted by Crippen LogP contribution is 2.23. The molecule has 0 bridgehead atoms. The van der Waals surface area contributed by atoms with Gasteiger partial charge in [0.25, 0.3) is 10.0 Å². The van der Waals surface area contributed by atoms with Crippen LogP contribution in [-0.2, 0) is 17.1 Å². The van der Waals surface area contributed by atoms with Gasteiger partial charge < -0.3 is 5.32 Å². The van der Waals surface area contributed by atoms with Crippen molar-refractivity contribution in [2.24, 2.45) is 7.05 Å². The van der Waals surface area contributed by atoms with E-state index in [1.165, 1.54) is 28.3 Å². The molecule has 0 saturated heterocycles. The molecule has 0 radical (unpaired) electrons. The van der Waals surface area contributed by atoms with Crippen molar-refractivity contribution in [3.63, 3.8) is 0 Å². The van der Waals surface area contributed by atoms with Gasteiger partial charge in [-0.25, -0.2) is 4.98 Å². The van der Waals surface area contributed by atoms with Gasteiger partial charge in [-0.2, -0.15) is 13.5 Å². The molecule has 2 aromatic heterocycles. The van der Waals surface area contributed by atoms with E-state index in [0.717, 1.165) is 18.7 Å². The van der Waals surface area contributed by atoms with Gasteiger partial charge in [-0.15, -0.1) is 11.3 Å². The smallest absolute Gasteiger partial charge is 0.280 e. The van der Waals surface area contributed by atoms with Gasteiger partial charge in [-0.1, -0.05) is 6.92 Å². The standard InChI is InChI=1S/C12H19N5O2S2/c1-4-6-13-9(2)10-8-20-12(15-10)16-21(18,19)11-5-7-14-17(11)3/h5,7-9,13H,4,6H2,1-3H3,(H,15,16). The summed E-state index contributed by atoms with van der Waals surface area (Å²) in [6.45, 7) is 4.99. The molecule has 7 nitrogen and oxygen atoms in total. The second-order valence-electron chi connectivity index (χ2n) is 4.65. The first-order chi connectivity index (χ1) is 9.94. The number of rotatable bonds is 7. The predicted octanol–water partition coefficient (Wildman–Crippen LogP) is 1.74. The van der Waals surface area contributed by atoms with Gasteiger partial charge in [0.05, 0.1) is 11.9 Å². The van der Waals surface area contributed by atoms with Crippen LogP contribution < -0.4 is 10.0 Å². The monoisotopic (exact) mass is 329 g/mol. The highest BCUT2D eigenvalue weighted by Gasteiger charge is 2.20. The maximum atomic E-state index is 12.2. The fourth-order valence-electron chi connectivity index (χ4n) is 1.79. The van der Waals surface area contributed by atoms with Crippen molar-refractivity contribution in [3.8, 4) is 0 Å². The molecule has 1 unspecified atom stereocenters. The van der Waals surface area contributed by atoms with Gasteiger partial charge in [-0.05, 0) is 26.0 Å². The summed E-state index contributed by atoms with van der Waals surface area (Å²) in [7, 11) is -2.07. The Hall–Kier alpha value is -1.45. The Bertz CT molecular complexity index is 692. The molecule has 0 aliphatic heterocycles. The number of hydrogen-bond donors (Lipinski definition) is 2. The van der Waals surface area contributed by atoms with Crippen molar-refractivity contribution in [2.75, 3.05) is 11.3 Å². The average Bonchev–Trinajstić information content (AvgIpc) is 3.04. The fourth-order valence-corrected chi connectivity index (χ4v) is 3.97. The summed E-state index contributed by atoms with van der Waals surface area (Å²) in [4.78, 5) is 4.32. The van der Waals surface area contributed by atoms with Crippen LogP contribution in [0.4, 0.5) is 5.13 Å². The minimum atomic E-state index is -3.65. The largest absolute Gasteiger partial charge is 0.309 e. The van der Waals surface area contributed by atoms with Crippen LogP contribution in [0.25, 0.3) is 0 Å². The van der Waals surface area contributed by atoms with Gasteiger partial charge >= 0.3 is 0 Å². The van der Waals surface area contributed by atoms with Crippen LogP contribution in [0.3, 0.4) is 0 Å². The number of sulfonamides is 1. The van der Waals surface area contributed by atoms with E-state index in [1.807, 2.05) is 12.3 Å². The molecule has 0 saturated carbocycles. The second-order valence-corrected chi connectivity index (χ2v) is 7.14. The summed E-state index contributed by atoms with van der Waals surface area (Å²) in [5, 5.41) is 9.50. The van der Waals surface area contributed by atoms with Crippen molar-refractivity contribution in [3.05, 3.63) is 23.3 Å². The van der Waals surface area contributed by atoms with Gasteiger partial charge in [0.1, 0.15) is 0 Å². The molecule has 2 N–H and O–H groups in total. The Morgan fingerprint density at radius 3 is 2.86 bits per heavy atom. The summed E-state index contributed by atoms with van der Waals surface area (Å²) in [5.74, 6) is 0. The lowest BCUT2D eigenvalue weighted by atomic mass is 10.2. The maximum Gasteiger partial charge on any atom is 0.280 e. The van der Waals surface area contributed by atoms with E-state index in [-0.39, 0.29) is 11.1 Å². The van der Waals surface area contributed by atoms with Gasteiger partial charge in [0, 0.05) is 18.5 Å². The highest BCUT2D eigenvalue weighted by atomic mass is 32.2. The number of hydrogen-bond acceptors (Lipinski definition) is 6. The Morgan fingerprint density at radius 1 is 1.48 bits per heavy atom. The topological polar surface area (TPSA) is 88.9 Å². The number of aromatic nitrogens is 3. The number of thiazole rings is 1. The van der Waals surface area contributed by atoms with Gasteiger partial charge in [0.15, 0.2) is 10.2 Å². The third-order valence-corrected chi connectivity index (χ3v) is 5.26. The molecule has 0 aromatic carbocycles. The number of aryl methyl sites for hydroxylation is 1. The summed E-state index contributed by atoms with van der Waals surface area (Å²) >= 11 is 1.27. The summed E-state index contributed by atoms with van der Waals surface area (Å²) in [6, 6.07) is 1.54. The highest BCUT2D eigenvalue weighted by molar-refractivity contribution is 7.92. The van der Waals surface area contributed by atoms with E-state index >= 15 is 0 Å². The van der Waals surface area contributed by atoms with Crippen molar-refractivity contribution >= 4 is 26.5 Å². The van der Waals surface area contributed by atoms with E-state index < -0.39 is 10.0 Å². The summed E-state index contributed by atoms with van der Waals surface area (Å²) in [5.41, 5.74) is 0.830. The lowest BCUT2D eigenvalue weighted by molar-refractivity contribution is 0.561. The van der Waals surface area contributed by atoms with Crippen LogP contribution >= 0.6 is 11.3 Å². The van der Waals surface area contributed by atoms with E-state index in [9.17, 15) is 8.42 Å². The van der Waals surface area contributed by atoms with E-state index in [1.54, 1.807) is 7.05 Å². The van der Waals surface area contributed by atoms with Crippen LogP contribution in [0.1, 0.15) is 32.0 Å². The van der Waals surface area contributed by atoms with E-state index in [4.69, 9.17) is 0 Å². The number of anilines is 1. The van der Waals surface area contributed by atoms with E-state index in [0.29, 0.717) is 5.13 Å². The summed E-state index contributed by atoms with van der Waals surface area (Å²) in [6.07, 6.45) is 2.48. The molecule has 0 aliphatic rings. The molecule has 0 amide bonds. The fraction of sp³-hybridized carbons (Fsp3) is 0.500. The molecule has 0 aliphatic carbocycles. The van der Waals surface area contributed by atoms with Crippen LogP contribution in [0.5, 0.6) is 0 Å². The Labute approximate surface area is 128 Å².